The summed E-state index contributed by atoms with van der Waals surface area (Å²) in [5.41, 5.74) is 0. The zero-order valence-electron chi connectivity index (χ0n) is 8.41. The van der Waals surface area contributed by atoms with Crippen LogP contribution in [0.2, 0.25) is 0 Å². The first kappa shape index (κ1) is 9.93. The second-order valence-corrected chi connectivity index (χ2v) is 4.23. The van der Waals surface area contributed by atoms with Crippen LogP contribution in [-0.2, 0) is 4.79 Å². The van der Waals surface area contributed by atoms with Crippen molar-refractivity contribution >= 4 is 5.91 Å². The highest BCUT2D eigenvalue weighted by molar-refractivity contribution is 5.79. The molecule has 0 radical (unpaired) electrons. The molecule has 2 N–H and O–H groups in total. The van der Waals surface area contributed by atoms with Gasteiger partial charge in [-0.3, -0.25) is 4.79 Å². The van der Waals surface area contributed by atoms with Crippen molar-refractivity contribution in [2.24, 2.45) is 0 Å². The molecular weight excluding hydrogens is 180 g/mol. The van der Waals surface area contributed by atoms with Gasteiger partial charge in [-0.2, -0.15) is 0 Å². The molecule has 1 heterocycles. The van der Waals surface area contributed by atoms with Gasteiger partial charge >= 0.3 is 0 Å². The molecule has 2 fully saturated rings. The minimum absolute atomic E-state index is 0.135. The third-order valence-electron chi connectivity index (χ3n) is 3.23. The molecule has 0 atom stereocenters. The molecule has 2 rings (SSSR count). The summed E-state index contributed by atoms with van der Waals surface area (Å²) in [5.74, 6) is 0.220. The molecule has 0 spiro atoms. The van der Waals surface area contributed by atoms with Gasteiger partial charge in [0.25, 0.3) is 0 Å². The zero-order chi connectivity index (χ0) is 9.97. The smallest absolute Gasteiger partial charge is 0.236 e. The number of carbonyl (C=O) groups is 1. The normalized spacial score (nSPS) is 34.6. The van der Waals surface area contributed by atoms with Crippen LogP contribution in [0.4, 0.5) is 0 Å². The predicted molar refractivity (Wildman–Crippen MR) is 52.8 cm³/mol. The van der Waals surface area contributed by atoms with E-state index in [0.717, 1.165) is 38.8 Å². The second kappa shape index (κ2) is 4.28. The maximum absolute atomic E-state index is 11.6. The topological polar surface area (TPSA) is 52.6 Å². The Kier molecular flexibility index (Phi) is 3.03. The van der Waals surface area contributed by atoms with Crippen LogP contribution in [0.1, 0.15) is 25.7 Å². The van der Waals surface area contributed by atoms with Crippen molar-refractivity contribution in [1.29, 1.82) is 0 Å². The first-order chi connectivity index (χ1) is 6.77. The number of aliphatic hydroxyl groups excluding tert-OH is 1. The predicted octanol–water partition coefficient (Wildman–Crippen LogP) is -0.278. The molecule has 4 heteroatoms. The summed E-state index contributed by atoms with van der Waals surface area (Å²) < 4.78 is 0. The number of aliphatic hydroxyl groups is 1. The lowest BCUT2D eigenvalue weighted by molar-refractivity contribution is -0.135. The fourth-order valence-electron chi connectivity index (χ4n) is 2.38. The van der Waals surface area contributed by atoms with Crippen LogP contribution in [-0.4, -0.2) is 47.7 Å². The van der Waals surface area contributed by atoms with Gasteiger partial charge in [0.2, 0.25) is 5.91 Å². The quantitative estimate of drug-likeness (QED) is 0.609. The summed E-state index contributed by atoms with van der Waals surface area (Å²) >= 11 is 0. The van der Waals surface area contributed by atoms with Crippen molar-refractivity contribution < 1.29 is 9.90 Å². The van der Waals surface area contributed by atoms with Gasteiger partial charge in [0.1, 0.15) is 0 Å². The molecule has 1 amide bonds. The third-order valence-corrected chi connectivity index (χ3v) is 3.23. The minimum atomic E-state index is -0.135. The van der Waals surface area contributed by atoms with Crippen LogP contribution in [0.5, 0.6) is 0 Å². The highest BCUT2D eigenvalue weighted by Crippen LogP contribution is 2.23. The Balaban J connectivity index is 1.90. The number of nitrogens with zero attached hydrogens (tertiary/aromatic N) is 1. The molecule has 4 nitrogen and oxygen atoms in total. The average molecular weight is 198 g/mol. The second-order valence-electron chi connectivity index (χ2n) is 4.23. The number of hydrogen-bond donors (Lipinski definition) is 2. The van der Waals surface area contributed by atoms with Gasteiger partial charge in [-0.05, 0) is 25.7 Å². The Morgan fingerprint density at radius 3 is 2.64 bits per heavy atom. The number of amides is 1. The highest BCUT2D eigenvalue weighted by Gasteiger charge is 2.29. The van der Waals surface area contributed by atoms with E-state index in [1.165, 1.54) is 0 Å². The maximum atomic E-state index is 11.6. The molecule has 2 aliphatic rings. The molecule has 0 aromatic carbocycles. The van der Waals surface area contributed by atoms with Gasteiger partial charge in [-0.1, -0.05) is 0 Å². The van der Waals surface area contributed by atoms with Crippen LogP contribution in [0.3, 0.4) is 0 Å². The van der Waals surface area contributed by atoms with Crippen LogP contribution in [0, 0.1) is 0 Å². The lowest BCUT2D eigenvalue weighted by Gasteiger charge is -2.38. The van der Waals surface area contributed by atoms with E-state index in [1.54, 1.807) is 0 Å². The average Bonchev–Trinajstić information content (AvgIpc) is 2.20. The molecule has 1 aliphatic heterocycles. The van der Waals surface area contributed by atoms with Crippen LogP contribution >= 0.6 is 0 Å². The molecular formula is C10H18N2O2. The van der Waals surface area contributed by atoms with Gasteiger partial charge in [-0.15, -0.1) is 0 Å². The Morgan fingerprint density at radius 1 is 1.29 bits per heavy atom. The largest absolute Gasteiger partial charge is 0.393 e. The summed E-state index contributed by atoms with van der Waals surface area (Å²) in [5, 5.41) is 12.4. The maximum Gasteiger partial charge on any atom is 0.236 e. The molecule has 1 aliphatic carbocycles. The fourth-order valence-corrected chi connectivity index (χ4v) is 2.38. The van der Waals surface area contributed by atoms with E-state index in [1.807, 2.05) is 4.90 Å². The highest BCUT2D eigenvalue weighted by atomic mass is 16.3. The monoisotopic (exact) mass is 198 g/mol. The minimum Gasteiger partial charge on any atom is -0.393 e. The van der Waals surface area contributed by atoms with Gasteiger partial charge in [0, 0.05) is 19.1 Å². The van der Waals surface area contributed by atoms with E-state index < -0.39 is 0 Å². The number of carbonyl (C=O) groups excluding carboxylic acids is 1. The first-order valence-corrected chi connectivity index (χ1v) is 5.45. The number of rotatable bonds is 1. The lowest BCUT2D eigenvalue weighted by Crippen LogP contribution is -2.53. The van der Waals surface area contributed by atoms with E-state index in [0.29, 0.717) is 12.6 Å². The van der Waals surface area contributed by atoms with Crippen molar-refractivity contribution in [2.75, 3.05) is 19.6 Å². The Labute approximate surface area is 84.3 Å². The van der Waals surface area contributed by atoms with Crippen molar-refractivity contribution in [3.63, 3.8) is 0 Å². The SMILES string of the molecule is O=C1CNCCN1[C@H]1CC[C@H](O)CC1. The molecule has 0 aromatic heterocycles. The van der Waals surface area contributed by atoms with Crippen molar-refractivity contribution in [1.82, 2.24) is 10.2 Å². The van der Waals surface area contributed by atoms with E-state index in [-0.39, 0.29) is 12.0 Å². The Hall–Kier alpha value is -0.610. The van der Waals surface area contributed by atoms with E-state index in [4.69, 9.17) is 0 Å². The van der Waals surface area contributed by atoms with Crippen LogP contribution in [0.15, 0.2) is 0 Å². The molecule has 0 bridgehead atoms. The number of hydrogen-bond acceptors (Lipinski definition) is 3. The van der Waals surface area contributed by atoms with Crippen molar-refractivity contribution in [3.8, 4) is 0 Å². The van der Waals surface area contributed by atoms with Gasteiger partial charge in [0.05, 0.1) is 12.6 Å². The van der Waals surface area contributed by atoms with Gasteiger partial charge < -0.3 is 15.3 Å². The summed E-state index contributed by atoms with van der Waals surface area (Å²) in [6.07, 6.45) is 3.49. The molecule has 14 heavy (non-hydrogen) atoms. The van der Waals surface area contributed by atoms with Gasteiger partial charge in [-0.25, -0.2) is 0 Å². The van der Waals surface area contributed by atoms with Crippen LogP contribution in [0.25, 0.3) is 0 Å². The van der Waals surface area contributed by atoms with Crippen LogP contribution < -0.4 is 5.32 Å². The van der Waals surface area contributed by atoms with Gasteiger partial charge in [0.15, 0.2) is 0 Å². The summed E-state index contributed by atoms with van der Waals surface area (Å²) in [6, 6.07) is 0.382. The third kappa shape index (κ3) is 2.07. The molecule has 1 saturated carbocycles. The molecule has 0 aromatic rings. The summed E-state index contributed by atoms with van der Waals surface area (Å²) in [4.78, 5) is 13.6. The molecule has 1 saturated heterocycles. The standard InChI is InChI=1S/C10H18N2O2/c13-9-3-1-8(2-4-9)12-6-5-11-7-10(12)14/h8-9,11,13H,1-7H2/t8-,9-. The first-order valence-electron chi connectivity index (χ1n) is 5.45. The van der Waals surface area contributed by atoms with E-state index in [2.05, 4.69) is 5.32 Å². The summed E-state index contributed by atoms with van der Waals surface area (Å²) in [6.45, 7) is 2.23. The van der Waals surface area contributed by atoms with E-state index in [9.17, 15) is 9.90 Å². The lowest BCUT2D eigenvalue weighted by atomic mass is 9.91. The number of nitrogens with one attached hydrogen (secondary N) is 1. The van der Waals surface area contributed by atoms with Crippen molar-refractivity contribution in [3.05, 3.63) is 0 Å². The number of piperazine rings is 1. The fraction of sp³-hybridized carbons (Fsp3) is 0.900. The molecule has 0 unspecified atom stereocenters. The zero-order valence-corrected chi connectivity index (χ0v) is 8.41. The van der Waals surface area contributed by atoms with E-state index >= 15 is 0 Å². The van der Waals surface area contributed by atoms with Crippen molar-refractivity contribution in [2.45, 2.75) is 37.8 Å². The summed E-state index contributed by atoms with van der Waals surface area (Å²) in [7, 11) is 0. The Bertz CT molecular complexity index is 212. The molecule has 80 valence electrons. The Morgan fingerprint density at radius 2 is 2.00 bits per heavy atom.